The summed E-state index contributed by atoms with van der Waals surface area (Å²) in [6.07, 6.45) is -4.46. The highest BCUT2D eigenvalue weighted by molar-refractivity contribution is 5.67. The molecule has 5 heteroatoms. The molecule has 0 saturated carbocycles. The maximum absolute atomic E-state index is 12.4. The van der Waals surface area contributed by atoms with Gasteiger partial charge in [0.15, 0.2) is 5.69 Å². The number of rotatable bonds is 1. The fourth-order valence-corrected chi connectivity index (χ4v) is 2.20. The van der Waals surface area contributed by atoms with Crippen molar-refractivity contribution in [2.45, 2.75) is 26.9 Å². The van der Waals surface area contributed by atoms with Gasteiger partial charge in [0.1, 0.15) is 0 Å². The molecule has 19 heavy (non-hydrogen) atoms. The first-order valence-corrected chi connectivity index (χ1v) is 5.78. The summed E-state index contributed by atoms with van der Waals surface area (Å²) >= 11 is 0. The minimum Gasteiger partial charge on any atom is -0.164 e. The predicted molar refractivity (Wildman–Crippen MR) is 66.7 cm³/mol. The summed E-state index contributed by atoms with van der Waals surface area (Å²) in [6.45, 7) is 5.80. The molecule has 0 fully saturated rings. The average Bonchev–Trinajstić information content (AvgIpc) is 2.27. The Morgan fingerprint density at radius 2 is 1.47 bits per heavy atom. The van der Waals surface area contributed by atoms with E-state index in [1.807, 2.05) is 32.9 Å². The second-order valence-electron chi connectivity index (χ2n) is 4.58. The maximum atomic E-state index is 12.4. The van der Waals surface area contributed by atoms with Gasteiger partial charge in [-0.1, -0.05) is 17.7 Å². The van der Waals surface area contributed by atoms with Crippen molar-refractivity contribution in [3.8, 4) is 11.3 Å². The standard InChI is InChI=1S/C14H13F3N2/c1-8-6-9(2)13(10(3)7-8)11-4-5-12(19-18-11)14(15,16)17/h4-7H,1-3H3. The van der Waals surface area contributed by atoms with Crippen LogP contribution in [0.3, 0.4) is 0 Å². The van der Waals surface area contributed by atoms with Crippen LogP contribution in [-0.4, -0.2) is 10.2 Å². The minimum absolute atomic E-state index is 0.461. The molecule has 0 saturated heterocycles. The summed E-state index contributed by atoms with van der Waals surface area (Å²) < 4.78 is 37.3. The lowest BCUT2D eigenvalue weighted by Crippen LogP contribution is -2.09. The van der Waals surface area contributed by atoms with Crippen LogP contribution < -0.4 is 0 Å². The number of hydrogen-bond acceptors (Lipinski definition) is 2. The number of alkyl halides is 3. The number of aromatic nitrogens is 2. The Balaban J connectivity index is 2.49. The van der Waals surface area contributed by atoms with Gasteiger partial charge in [-0.3, -0.25) is 0 Å². The third-order valence-corrected chi connectivity index (χ3v) is 2.89. The average molecular weight is 266 g/mol. The first kappa shape index (κ1) is 13.5. The van der Waals surface area contributed by atoms with Gasteiger partial charge in [0.25, 0.3) is 0 Å². The molecule has 0 radical (unpaired) electrons. The molecule has 0 bridgehead atoms. The molecule has 100 valence electrons. The van der Waals surface area contributed by atoms with E-state index >= 15 is 0 Å². The summed E-state index contributed by atoms with van der Waals surface area (Å²) in [7, 11) is 0. The van der Waals surface area contributed by atoms with Crippen molar-refractivity contribution in [2.24, 2.45) is 0 Å². The van der Waals surface area contributed by atoms with Crippen molar-refractivity contribution < 1.29 is 13.2 Å². The highest BCUT2D eigenvalue weighted by Gasteiger charge is 2.32. The Kier molecular flexibility index (Phi) is 3.30. The largest absolute Gasteiger partial charge is 0.435 e. The summed E-state index contributed by atoms with van der Waals surface area (Å²) in [6, 6.07) is 6.27. The normalized spacial score (nSPS) is 11.7. The third kappa shape index (κ3) is 2.75. The SMILES string of the molecule is Cc1cc(C)c(-c2ccc(C(F)(F)F)nn2)c(C)c1. The quantitative estimate of drug-likeness (QED) is 0.777. The smallest absolute Gasteiger partial charge is 0.164 e. The lowest BCUT2D eigenvalue weighted by atomic mass is 9.97. The Morgan fingerprint density at radius 1 is 0.895 bits per heavy atom. The number of benzene rings is 1. The van der Waals surface area contributed by atoms with Gasteiger partial charge >= 0.3 is 6.18 Å². The molecule has 1 heterocycles. The van der Waals surface area contributed by atoms with E-state index in [9.17, 15) is 13.2 Å². The molecule has 2 aromatic rings. The van der Waals surface area contributed by atoms with Gasteiger partial charge in [-0.2, -0.15) is 13.2 Å². The van der Waals surface area contributed by atoms with Gasteiger partial charge in [-0.25, -0.2) is 0 Å². The van der Waals surface area contributed by atoms with E-state index < -0.39 is 11.9 Å². The number of aryl methyl sites for hydroxylation is 3. The molecule has 2 rings (SSSR count). The molecule has 0 aliphatic carbocycles. The van der Waals surface area contributed by atoms with Crippen LogP contribution in [0.4, 0.5) is 13.2 Å². The van der Waals surface area contributed by atoms with Crippen LogP contribution in [0.2, 0.25) is 0 Å². The molecule has 0 aliphatic rings. The second-order valence-corrected chi connectivity index (χ2v) is 4.58. The topological polar surface area (TPSA) is 25.8 Å². The summed E-state index contributed by atoms with van der Waals surface area (Å²) in [4.78, 5) is 0. The first-order chi connectivity index (χ1) is 8.79. The number of nitrogens with zero attached hydrogens (tertiary/aromatic N) is 2. The van der Waals surface area contributed by atoms with Gasteiger partial charge in [-0.15, -0.1) is 10.2 Å². The van der Waals surface area contributed by atoms with Crippen LogP contribution in [0.25, 0.3) is 11.3 Å². The Hall–Kier alpha value is -1.91. The summed E-state index contributed by atoms with van der Waals surface area (Å²) in [5.74, 6) is 0. The van der Waals surface area contributed by atoms with Crippen molar-refractivity contribution in [3.05, 3.63) is 46.6 Å². The molecule has 0 unspecified atom stereocenters. The molecular weight excluding hydrogens is 253 g/mol. The zero-order chi connectivity index (χ0) is 14.2. The van der Waals surface area contributed by atoms with Gasteiger partial charge in [0, 0.05) is 5.56 Å². The highest BCUT2D eigenvalue weighted by atomic mass is 19.4. The van der Waals surface area contributed by atoms with E-state index in [0.29, 0.717) is 5.69 Å². The van der Waals surface area contributed by atoms with Crippen LogP contribution in [0.5, 0.6) is 0 Å². The molecule has 0 amide bonds. The van der Waals surface area contributed by atoms with Crippen LogP contribution in [-0.2, 0) is 6.18 Å². The van der Waals surface area contributed by atoms with Crippen molar-refractivity contribution in [2.75, 3.05) is 0 Å². The molecule has 2 nitrogen and oxygen atoms in total. The molecule has 0 spiro atoms. The van der Waals surface area contributed by atoms with Gasteiger partial charge in [-0.05, 0) is 44.0 Å². The molecule has 0 N–H and O–H groups in total. The van der Waals surface area contributed by atoms with E-state index in [4.69, 9.17) is 0 Å². The van der Waals surface area contributed by atoms with E-state index in [1.54, 1.807) is 0 Å². The fourth-order valence-electron chi connectivity index (χ4n) is 2.20. The van der Waals surface area contributed by atoms with Crippen molar-refractivity contribution in [3.63, 3.8) is 0 Å². The van der Waals surface area contributed by atoms with Crippen LogP contribution in [0.1, 0.15) is 22.4 Å². The Labute approximate surface area is 109 Å². The monoisotopic (exact) mass is 266 g/mol. The molecule has 0 aliphatic heterocycles. The maximum Gasteiger partial charge on any atom is 0.435 e. The van der Waals surface area contributed by atoms with Gasteiger partial charge in [0.05, 0.1) is 5.69 Å². The van der Waals surface area contributed by atoms with E-state index in [1.165, 1.54) is 6.07 Å². The van der Waals surface area contributed by atoms with E-state index in [2.05, 4.69) is 10.2 Å². The lowest BCUT2D eigenvalue weighted by molar-refractivity contribution is -0.141. The first-order valence-electron chi connectivity index (χ1n) is 5.78. The summed E-state index contributed by atoms with van der Waals surface area (Å²) in [5.41, 5.74) is 3.39. The summed E-state index contributed by atoms with van der Waals surface area (Å²) in [5, 5.41) is 6.95. The van der Waals surface area contributed by atoms with Crippen molar-refractivity contribution in [1.82, 2.24) is 10.2 Å². The molecular formula is C14H13F3N2. The molecule has 1 aromatic carbocycles. The third-order valence-electron chi connectivity index (χ3n) is 2.89. The molecule has 0 atom stereocenters. The zero-order valence-electron chi connectivity index (χ0n) is 10.8. The number of halogens is 3. The predicted octanol–water partition coefficient (Wildman–Crippen LogP) is 4.09. The Morgan fingerprint density at radius 3 is 1.89 bits per heavy atom. The lowest BCUT2D eigenvalue weighted by Gasteiger charge is -2.11. The van der Waals surface area contributed by atoms with Crippen molar-refractivity contribution >= 4 is 0 Å². The van der Waals surface area contributed by atoms with Crippen LogP contribution >= 0.6 is 0 Å². The highest BCUT2D eigenvalue weighted by Crippen LogP contribution is 2.30. The van der Waals surface area contributed by atoms with Crippen molar-refractivity contribution in [1.29, 1.82) is 0 Å². The second kappa shape index (κ2) is 4.64. The Bertz CT molecular complexity index is 578. The minimum atomic E-state index is -4.46. The number of hydrogen-bond donors (Lipinski definition) is 0. The zero-order valence-corrected chi connectivity index (χ0v) is 10.8. The van der Waals surface area contributed by atoms with E-state index in [0.717, 1.165) is 28.3 Å². The fraction of sp³-hybridized carbons (Fsp3) is 0.286. The van der Waals surface area contributed by atoms with Gasteiger partial charge < -0.3 is 0 Å². The van der Waals surface area contributed by atoms with Crippen LogP contribution in [0.15, 0.2) is 24.3 Å². The van der Waals surface area contributed by atoms with Gasteiger partial charge in [0.2, 0.25) is 0 Å². The molecule has 1 aromatic heterocycles. The van der Waals surface area contributed by atoms with E-state index in [-0.39, 0.29) is 0 Å². The van der Waals surface area contributed by atoms with Crippen LogP contribution in [0, 0.1) is 20.8 Å².